The molecule has 0 aliphatic heterocycles. The molecule has 2 heterocycles. The van der Waals surface area contributed by atoms with Crippen LogP contribution in [0.3, 0.4) is 0 Å². The van der Waals surface area contributed by atoms with Crippen LogP contribution in [0.5, 0.6) is 0 Å². The number of rotatable bonds is 0. The number of fused-ring (bicyclic) bond motifs is 1. The first-order valence-electron chi connectivity index (χ1n) is 4.38. The van der Waals surface area contributed by atoms with Crippen molar-refractivity contribution < 1.29 is 0 Å². The van der Waals surface area contributed by atoms with Crippen LogP contribution in [0.4, 0.5) is 0 Å². The van der Waals surface area contributed by atoms with E-state index in [-0.39, 0.29) is 0 Å². The van der Waals surface area contributed by atoms with Crippen molar-refractivity contribution in [3.63, 3.8) is 0 Å². The first kappa shape index (κ1) is 10.1. The summed E-state index contributed by atoms with van der Waals surface area (Å²) in [6, 6.07) is 5.80. The largest absolute Gasteiger partial charge is 0.290 e. The molecule has 2 nitrogen and oxygen atoms in total. The summed E-state index contributed by atoms with van der Waals surface area (Å²) in [4.78, 5) is 4.24. The van der Waals surface area contributed by atoms with Gasteiger partial charge in [-0.2, -0.15) is 0 Å². The van der Waals surface area contributed by atoms with Gasteiger partial charge in [0.2, 0.25) is 0 Å². The summed E-state index contributed by atoms with van der Waals surface area (Å²) in [6.45, 7) is 5.90. The number of pyridine rings is 1. The second-order valence-electron chi connectivity index (χ2n) is 2.42. The third kappa shape index (κ3) is 1.83. The van der Waals surface area contributed by atoms with Crippen molar-refractivity contribution in [2.45, 2.75) is 20.8 Å². The van der Waals surface area contributed by atoms with E-state index in [0.717, 1.165) is 11.3 Å². The molecular weight excluding hydrogens is 184 g/mol. The summed E-state index contributed by atoms with van der Waals surface area (Å²) < 4.78 is 1.86. The summed E-state index contributed by atoms with van der Waals surface area (Å²) in [5.41, 5.74) is 1.77. The van der Waals surface area contributed by atoms with Gasteiger partial charge in [0.25, 0.3) is 0 Å². The molecule has 0 N–H and O–H groups in total. The maximum absolute atomic E-state index is 5.94. The molecule has 3 heteroatoms. The zero-order chi connectivity index (χ0) is 9.84. The Kier molecular flexibility index (Phi) is 3.32. The molecular formula is C10H13ClN2. The van der Waals surface area contributed by atoms with Crippen molar-refractivity contribution in [3.8, 4) is 0 Å². The number of hydrogen-bond donors (Lipinski definition) is 0. The Balaban J connectivity index is 0.000000396. The highest BCUT2D eigenvalue weighted by molar-refractivity contribution is 6.30. The van der Waals surface area contributed by atoms with E-state index in [1.165, 1.54) is 0 Å². The normalized spacial score (nSPS) is 9.54. The van der Waals surface area contributed by atoms with Gasteiger partial charge in [-0.3, -0.25) is 4.40 Å². The highest BCUT2D eigenvalue weighted by atomic mass is 35.5. The summed E-state index contributed by atoms with van der Waals surface area (Å²) in [6.07, 6.45) is 1.90. The molecule has 2 aromatic rings. The molecule has 0 fully saturated rings. The molecule has 2 rings (SSSR count). The fourth-order valence-electron chi connectivity index (χ4n) is 1.08. The lowest BCUT2D eigenvalue weighted by molar-refractivity contribution is 1.18. The highest BCUT2D eigenvalue weighted by Crippen LogP contribution is 2.15. The Morgan fingerprint density at radius 1 is 1.31 bits per heavy atom. The van der Waals surface area contributed by atoms with Crippen molar-refractivity contribution in [2.24, 2.45) is 0 Å². The summed E-state index contributed by atoms with van der Waals surface area (Å²) >= 11 is 5.94. The average Bonchev–Trinajstić information content (AvgIpc) is 2.47. The molecule has 0 amide bonds. The fraction of sp³-hybridized carbons (Fsp3) is 0.300. The van der Waals surface area contributed by atoms with Gasteiger partial charge in [-0.1, -0.05) is 31.5 Å². The van der Waals surface area contributed by atoms with Crippen LogP contribution >= 0.6 is 11.6 Å². The lowest BCUT2D eigenvalue weighted by Gasteiger charge is -1.90. The Labute approximate surface area is 83.2 Å². The second kappa shape index (κ2) is 4.28. The standard InChI is InChI=1S/C8H7ClN2.C2H6/c1-6-8(9)11-5-3-2-4-7(11)10-6;1-2/h2-5H,1H3;1-2H3. The van der Waals surface area contributed by atoms with Gasteiger partial charge in [0.1, 0.15) is 10.8 Å². The van der Waals surface area contributed by atoms with Crippen LogP contribution in [0.15, 0.2) is 24.4 Å². The first-order chi connectivity index (χ1) is 6.29. The van der Waals surface area contributed by atoms with Crippen LogP contribution in [0.2, 0.25) is 5.15 Å². The first-order valence-corrected chi connectivity index (χ1v) is 4.76. The van der Waals surface area contributed by atoms with Gasteiger partial charge in [0.05, 0.1) is 5.69 Å². The number of aromatic nitrogens is 2. The van der Waals surface area contributed by atoms with Crippen LogP contribution in [-0.4, -0.2) is 9.38 Å². The molecule has 0 aromatic carbocycles. The van der Waals surface area contributed by atoms with Crippen molar-refractivity contribution in [1.82, 2.24) is 9.38 Å². The van der Waals surface area contributed by atoms with E-state index in [1.807, 2.05) is 49.6 Å². The number of halogens is 1. The minimum Gasteiger partial charge on any atom is -0.290 e. The van der Waals surface area contributed by atoms with Gasteiger partial charge in [0.15, 0.2) is 0 Å². The second-order valence-corrected chi connectivity index (χ2v) is 2.77. The van der Waals surface area contributed by atoms with Crippen LogP contribution in [-0.2, 0) is 0 Å². The molecule has 0 aliphatic carbocycles. The fourth-order valence-corrected chi connectivity index (χ4v) is 1.27. The average molecular weight is 197 g/mol. The minimum atomic E-state index is 0.695. The summed E-state index contributed by atoms with van der Waals surface area (Å²) in [7, 11) is 0. The molecule has 0 radical (unpaired) electrons. The van der Waals surface area contributed by atoms with Crippen molar-refractivity contribution in [1.29, 1.82) is 0 Å². The van der Waals surface area contributed by atoms with Gasteiger partial charge < -0.3 is 0 Å². The predicted octanol–water partition coefficient (Wildman–Crippen LogP) is 3.32. The molecule has 0 unspecified atom stereocenters. The quantitative estimate of drug-likeness (QED) is 0.632. The van der Waals surface area contributed by atoms with E-state index in [9.17, 15) is 0 Å². The lowest BCUT2D eigenvalue weighted by Crippen LogP contribution is -1.80. The molecule has 2 aromatic heterocycles. The van der Waals surface area contributed by atoms with E-state index in [0.29, 0.717) is 5.15 Å². The zero-order valence-corrected chi connectivity index (χ0v) is 8.84. The molecule has 0 aliphatic rings. The Bertz CT molecular complexity index is 393. The molecule has 0 spiro atoms. The zero-order valence-electron chi connectivity index (χ0n) is 8.08. The number of imidazole rings is 1. The topological polar surface area (TPSA) is 17.3 Å². The van der Waals surface area contributed by atoms with Gasteiger partial charge in [0, 0.05) is 6.20 Å². The maximum Gasteiger partial charge on any atom is 0.138 e. The van der Waals surface area contributed by atoms with E-state index in [4.69, 9.17) is 11.6 Å². The summed E-state index contributed by atoms with van der Waals surface area (Å²) in [5, 5.41) is 0.695. The number of nitrogens with zero attached hydrogens (tertiary/aromatic N) is 2. The Morgan fingerprint density at radius 2 is 2.00 bits per heavy atom. The molecule has 70 valence electrons. The molecule has 0 saturated heterocycles. The van der Waals surface area contributed by atoms with Gasteiger partial charge >= 0.3 is 0 Å². The third-order valence-electron chi connectivity index (χ3n) is 1.63. The number of aryl methyl sites for hydroxylation is 1. The molecule has 0 bridgehead atoms. The third-order valence-corrected chi connectivity index (χ3v) is 2.09. The van der Waals surface area contributed by atoms with Crippen LogP contribution < -0.4 is 0 Å². The summed E-state index contributed by atoms with van der Waals surface area (Å²) in [5.74, 6) is 0. The lowest BCUT2D eigenvalue weighted by atomic mass is 10.5. The smallest absolute Gasteiger partial charge is 0.138 e. The van der Waals surface area contributed by atoms with E-state index >= 15 is 0 Å². The predicted molar refractivity (Wildman–Crippen MR) is 56.3 cm³/mol. The SMILES string of the molecule is CC.Cc1nc2ccccn2c1Cl. The van der Waals surface area contributed by atoms with E-state index < -0.39 is 0 Å². The van der Waals surface area contributed by atoms with Gasteiger partial charge in [-0.15, -0.1) is 0 Å². The van der Waals surface area contributed by atoms with Gasteiger partial charge in [-0.25, -0.2) is 4.98 Å². The van der Waals surface area contributed by atoms with Gasteiger partial charge in [-0.05, 0) is 19.1 Å². The van der Waals surface area contributed by atoms with E-state index in [1.54, 1.807) is 0 Å². The number of hydrogen-bond acceptors (Lipinski definition) is 1. The Morgan fingerprint density at radius 3 is 2.62 bits per heavy atom. The van der Waals surface area contributed by atoms with Crippen LogP contribution in [0.1, 0.15) is 19.5 Å². The van der Waals surface area contributed by atoms with Crippen molar-refractivity contribution in [2.75, 3.05) is 0 Å². The van der Waals surface area contributed by atoms with E-state index in [2.05, 4.69) is 4.98 Å². The highest BCUT2D eigenvalue weighted by Gasteiger charge is 2.02. The maximum atomic E-state index is 5.94. The molecule has 13 heavy (non-hydrogen) atoms. The minimum absolute atomic E-state index is 0.695. The molecule has 0 atom stereocenters. The van der Waals surface area contributed by atoms with Crippen molar-refractivity contribution in [3.05, 3.63) is 35.2 Å². The molecule has 0 saturated carbocycles. The Hall–Kier alpha value is -1.02. The van der Waals surface area contributed by atoms with Crippen LogP contribution in [0.25, 0.3) is 5.65 Å². The van der Waals surface area contributed by atoms with Crippen molar-refractivity contribution >= 4 is 17.2 Å². The van der Waals surface area contributed by atoms with Crippen LogP contribution in [0, 0.1) is 6.92 Å². The monoisotopic (exact) mass is 196 g/mol.